The lowest BCUT2D eigenvalue weighted by molar-refractivity contribution is 0.670. The Kier molecular flexibility index (Phi) is 6.40. The van der Waals surface area contributed by atoms with Crippen molar-refractivity contribution in [2.75, 3.05) is 0 Å². The van der Waals surface area contributed by atoms with Crippen LogP contribution in [0.3, 0.4) is 0 Å². The molecule has 0 amide bonds. The Morgan fingerprint density at radius 3 is 1.42 bits per heavy atom. The molecule has 0 atom stereocenters. The summed E-state index contributed by atoms with van der Waals surface area (Å²) in [6, 6.07) is 70.9. The van der Waals surface area contributed by atoms with Crippen LogP contribution in [0, 0.1) is 0 Å². The quantitative estimate of drug-likeness (QED) is 0.179. The first kappa shape index (κ1) is 30.3. The number of benzene rings is 10. The van der Waals surface area contributed by atoms with E-state index in [0.717, 1.165) is 33.1 Å². The van der Waals surface area contributed by atoms with Crippen molar-refractivity contribution in [1.29, 1.82) is 0 Å². The van der Waals surface area contributed by atoms with Crippen LogP contribution in [0.15, 0.2) is 199 Å². The Bertz CT molecular complexity index is 3260. The van der Waals surface area contributed by atoms with Gasteiger partial charge in [-0.3, -0.25) is 0 Å². The molecular weight excluding hydrogens is 665 g/mol. The van der Waals surface area contributed by atoms with Crippen molar-refractivity contribution in [1.82, 2.24) is 0 Å². The van der Waals surface area contributed by atoms with Crippen LogP contribution in [0.4, 0.5) is 0 Å². The SMILES string of the molecule is c1ccc(-c2c3c(c(-c4ccccc4)c4ccccc24)-c2ccc(-c4ccc5cc(-c6cccc7c6oc6ccccc67)ccc5c4)c4cccc-3c24)cc1. The summed E-state index contributed by atoms with van der Waals surface area (Å²) in [5.41, 5.74) is 16.9. The standard InChI is InChI=1S/C54H32O/c1-3-13-33(14-4-1)49-43-18-7-8-19-44(43)50(34-15-5-2-6-16-34)53-47-30-29-39(42-21-12-23-46(51(42)47)52(49)53)37-27-25-36-32-38(28-26-35(36)31-37)40-20-11-22-45-41-17-9-10-24-48(41)55-54(40)45/h1-32H. The highest BCUT2D eigenvalue weighted by Gasteiger charge is 2.31. The molecule has 0 unspecified atom stereocenters. The molecule has 1 aliphatic carbocycles. The van der Waals surface area contributed by atoms with Gasteiger partial charge in [-0.2, -0.15) is 0 Å². The number of para-hydroxylation sites is 2. The van der Waals surface area contributed by atoms with Gasteiger partial charge < -0.3 is 4.42 Å². The first-order valence-electron chi connectivity index (χ1n) is 19.0. The highest BCUT2D eigenvalue weighted by molar-refractivity contribution is 6.29. The van der Waals surface area contributed by atoms with Gasteiger partial charge in [0.15, 0.2) is 0 Å². The fourth-order valence-electron chi connectivity index (χ4n) is 9.42. The average molecular weight is 697 g/mol. The third kappa shape index (κ3) is 4.41. The molecule has 0 N–H and O–H groups in total. The second kappa shape index (κ2) is 11.6. The second-order valence-electron chi connectivity index (χ2n) is 14.7. The van der Waals surface area contributed by atoms with Gasteiger partial charge in [-0.05, 0) is 112 Å². The van der Waals surface area contributed by atoms with Crippen molar-refractivity contribution in [2.45, 2.75) is 0 Å². The minimum absolute atomic E-state index is 0.921. The number of rotatable bonds is 4. The number of hydrogen-bond donors (Lipinski definition) is 0. The van der Waals surface area contributed by atoms with E-state index < -0.39 is 0 Å². The van der Waals surface area contributed by atoms with Crippen LogP contribution in [0.25, 0.3) is 121 Å². The maximum atomic E-state index is 6.40. The molecule has 0 saturated heterocycles. The van der Waals surface area contributed by atoms with Gasteiger partial charge in [0.05, 0.1) is 0 Å². The van der Waals surface area contributed by atoms with Gasteiger partial charge in [-0.1, -0.05) is 176 Å². The molecule has 12 rings (SSSR count). The van der Waals surface area contributed by atoms with Crippen molar-refractivity contribution in [2.24, 2.45) is 0 Å². The Balaban J connectivity index is 1.05. The minimum atomic E-state index is 0.921. The molecular formula is C54H32O. The van der Waals surface area contributed by atoms with E-state index in [4.69, 9.17) is 4.42 Å². The Hall–Kier alpha value is -7.22. The zero-order chi connectivity index (χ0) is 36.0. The van der Waals surface area contributed by atoms with E-state index in [9.17, 15) is 0 Å². The molecule has 0 bridgehead atoms. The summed E-state index contributed by atoms with van der Waals surface area (Å²) in [5, 5.41) is 9.89. The fraction of sp³-hybridized carbons (Fsp3) is 0. The van der Waals surface area contributed by atoms with Crippen molar-refractivity contribution in [3.63, 3.8) is 0 Å². The van der Waals surface area contributed by atoms with Crippen LogP contribution < -0.4 is 0 Å². The summed E-state index contributed by atoms with van der Waals surface area (Å²) in [4.78, 5) is 0. The lowest BCUT2D eigenvalue weighted by Gasteiger charge is -2.20. The van der Waals surface area contributed by atoms with Gasteiger partial charge in [0.2, 0.25) is 0 Å². The van der Waals surface area contributed by atoms with E-state index in [1.165, 1.54) is 88.0 Å². The molecule has 1 heteroatoms. The van der Waals surface area contributed by atoms with Gasteiger partial charge in [-0.15, -0.1) is 0 Å². The van der Waals surface area contributed by atoms with Gasteiger partial charge in [-0.25, -0.2) is 0 Å². The fourth-order valence-corrected chi connectivity index (χ4v) is 9.42. The van der Waals surface area contributed by atoms with Gasteiger partial charge in [0.25, 0.3) is 0 Å². The van der Waals surface area contributed by atoms with E-state index in [0.29, 0.717) is 0 Å². The normalized spacial score (nSPS) is 12.0. The molecule has 1 aliphatic rings. The van der Waals surface area contributed by atoms with Crippen molar-refractivity contribution < 1.29 is 4.42 Å². The van der Waals surface area contributed by atoms with Crippen LogP contribution in [-0.2, 0) is 0 Å². The molecule has 254 valence electrons. The molecule has 0 spiro atoms. The molecule has 0 aliphatic heterocycles. The Morgan fingerprint density at radius 1 is 0.273 bits per heavy atom. The smallest absolute Gasteiger partial charge is 0.143 e. The Morgan fingerprint density at radius 2 is 0.764 bits per heavy atom. The predicted octanol–water partition coefficient (Wildman–Crippen LogP) is 15.4. The summed E-state index contributed by atoms with van der Waals surface area (Å²) < 4.78 is 6.40. The summed E-state index contributed by atoms with van der Waals surface area (Å²) in [7, 11) is 0. The third-order valence-corrected chi connectivity index (χ3v) is 11.8. The molecule has 1 nitrogen and oxygen atoms in total. The molecule has 55 heavy (non-hydrogen) atoms. The topological polar surface area (TPSA) is 13.1 Å². The van der Waals surface area contributed by atoms with Crippen molar-refractivity contribution in [3.05, 3.63) is 194 Å². The summed E-state index contributed by atoms with van der Waals surface area (Å²) in [6.07, 6.45) is 0. The zero-order valence-electron chi connectivity index (χ0n) is 29.9. The van der Waals surface area contributed by atoms with E-state index in [1.807, 2.05) is 12.1 Å². The molecule has 0 radical (unpaired) electrons. The monoisotopic (exact) mass is 696 g/mol. The van der Waals surface area contributed by atoms with Crippen molar-refractivity contribution in [3.8, 4) is 66.8 Å². The van der Waals surface area contributed by atoms with Gasteiger partial charge >= 0.3 is 0 Å². The maximum absolute atomic E-state index is 6.40. The van der Waals surface area contributed by atoms with E-state index in [2.05, 4.69) is 182 Å². The molecule has 1 heterocycles. The average Bonchev–Trinajstić information content (AvgIpc) is 3.80. The highest BCUT2D eigenvalue weighted by atomic mass is 16.3. The third-order valence-electron chi connectivity index (χ3n) is 11.8. The van der Waals surface area contributed by atoms with Gasteiger partial charge in [0, 0.05) is 16.3 Å². The molecule has 10 aromatic carbocycles. The lowest BCUT2D eigenvalue weighted by atomic mass is 9.82. The highest BCUT2D eigenvalue weighted by Crippen LogP contribution is 2.58. The largest absolute Gasteiger partial charge is 0.455 e. The van der Waals surface area contributed by atoms with Crippen LogP contribution in [0.2, 0.25) is 0 Å². The first-order valence-corrected chi connectivity index (χ1v) is 19.0. The van der Waals surface area contributed by atoms with Gasteiger partial charge in [0.1, 0.15) is 11.2 Å². The van der Waals surface area contributed by atoms with Crippen LogP contribution in [0.1, 0.15) is 0 Å². The van der Waals surface area contributed by atoms with Crippen molar-refractivity contribution >= 4 is 54.3 Å². The molecule has 1 aromatic heterocycles. The summed E-state index contributed by atoms with van der Waals surface area (Å²) in [6.45, 7) is 0. The van der Waals surface area contributed by atoms with E-state index in [-0.39, 0.29) is 0 Å². The molecule has 11 aromatic rings. The van der Waals surface area contributed by atoms with Crippen LogP contribution >= 0.6 is 0 Å². The molecule has 0 fully saturated rings. The number of fused-ring (bicyclic) bond motifs is 8. The van der Waals surface area contributed by atoms with E-state index in [1.54, 1.807) is 0 Å². The van der Waals surface area contributed by atoms with E-state index >= 15 is 0 Å². The second-order valence-corrected chi connectivity index (χ2v) is 14.7. The summed E-state index contributed by atoms with van der Waals surface area (Å²) >= 11 is 0. The maximum Gasteiger partial charge on any atom is 0.143 e. The first-order chi connectivity index (χ1) is 27.3. The minimum Gasteiger partial charge on any atom is -0.455 e. The zero-order valence-corrected chi connectivity index (χ0v) is 29.9. The molecule has 0 saturated carbocycles. The number of hydrogen-bond acceptors (Lipinski definition) is 1. The summed E-state index contributed by atoms with van der Waals surface area (Å²) in [5.74, 6) is 0. The number of furan rings is 1. The lowest BCUT2D eigenvalue weighted by Crippen LogP contribution is -1.93. The van der Waals surface area contributed by atoms with Crippen LogP contribution in [0.5, 0.6) is 0 Å². The van der Waals surface area contributed by atoms with Crippen LogP contribution in [-0.4, -0.2) is 0 Å². The predicted molar refractivity (Wildman–Crippen MR) is 232 cm³/mol. The Labute approximate surface area is 318 Å².